The molecule has 3 aromatic carbocycles. The summed E-state index contributed by atoms with van der Waals surface area (Å²) < 4.78 is 15.4. The summed E-state index contributed by atoms with van der Waals surface area (Å²) in [5.41, 5.74) is 6.12. The van der Waals surface area contributed by atoms with Crippen molar-refractivity contribution in [1.82, 2.24) is 20.2 Å². The highest BCUT2D eigenvalue weighted by atomic mass is 32.2. The molecule has 0 aliphatic carbocycles. The van der Waals surface area contributed by atoms with Gasteiger partial charge in [0, 0.05) is 12.1 Å². The van der Waals surface area contributed by atoms with E-state index in [4.69, 9.17) is 0 Å². The van der Waals surface area contributed by atoms with Crippen LogP contribution in [0, 0.1) is 5.82 Å². The fraction of sp³-hybridized carbons (Fsp3) is 0.125. The first kappa shape index (κ1) is 20.3. The van der Waals surface area contributed by atoms with Gasteiger partial charge in [-0.3, -0.25) is 4.79 Å². The molecule has 6 nitrogen and oxygen atoms in total. The van der Waals surface area contributed by atoms with Crippen molar-refractivity contribution in [3.05, 3.63) is 102 Å². The molecule has 160 valence electrons. The van der Waals surface area contributed by atoms with Gasteiger partial charge in [-0.1, -0.05) is 84.6 Å². The molecule has 4 aromatic rings. The van der Waals surface area contributed by atoms with E-state index in [-0.39, 0.29) is 11.7 Å². The van der Waals surface area contributed by atoms with E-state index in [9.17, 15) is 9.18 Å². The molecule has 1 aliphatic heterocycles. The van der Waals surface area contributed by atoms with Crippen LogP contribution in [-0.2, 0) is 11.3 Å². The van der Waals surface area contributed by atoms with Crippen LogP contribution in [0.1, 0.15) is 17.2 Å². The number of halogens is 1. The molecular weight excluding hydrogens is 425 g/mol. The second kappa shape index (κ2) is 8.84. The molecule has 32 heavy (non-hydrogen) atoms. The fourth-order valence-electron chi connectivity index (χ4n) is 3.64. The number of carbonyl (C=O) groups excluding carboxylic acids is 1. The standard InChI is InChI=1S/C24H20FN5OS/c25-19-13-11-17(12-14-19)20-21(23(31)26-15-16-7-3-1-4-8-16)32-24-28-27-22(30(24)29-20)18-9-5-2-6-10-18/h1-14,20-21,29H,15H2,(H,26,31)/t20-,21-/m0/s1. The predicted molar refractivity (Wildman–Crippen MR) is 122 cm³/mol. The minimum absolute atomic E-state index is 0.129. The van der Waals surface area contributed by atoms with Gasteiger partial charge in [-0.15, -0.1) is 10.2 Å². The fourth-order valence-corrected chi connectivity index (χ4v) is 4.74. The molecule has 0 radical (unpaired) electrons. The maximum absolute atomic E-state index is 13.6. The summed E-state index contributed by atoms with van der Waals surface area (Å²) >= 11 is 1.34. The first-order valence-corrected chi connectivity index (χ1v) is 11.1. The Bertz CT molecular complexity index is 1210. The molecule has 2 N–H and O–H groups in total. The average Bonchev–Trinajstić information content (AvgIpc) is 3.26. The monoisotopic (exact) mass is 445 g/mol. The molecule has 8 heteroatoms. The summed E-state index contributed by atoms with van der Waals surface area (Å²) in [7, 11) is 0. The van der Waals surface area contributed by atoms with Crippen LogP contribution >= 0.6 is 11.8 Å². The van der Waals surface area contributed by atoms with Crippen molar-refractivity contribution < 1.29 is 9.18 Å². The Morgan fingerprint density at radius 1 is 0.969 bits per heavy atom. The van der Waals surface area contributed by atoms with Gasteiger partial charge in [-0.2, -0.15) is 0 Å². The number of aromatic nitrogens is 3. The molecule has 1 aromatic heterocycles. The zero-order valence-electron chi connectivity index (χ0n) is 17.0. The lowest BCUT2D eigenvalue weighted by Gasteiger charge is -2.33. The van der Waals surface area contributed by atoms with Crippen LogP contribution in [-0.4, -0.2) is 26.0 Å². The summed E-state index contributed by atoms with van der Waals surface area (Å²) in [4.78, 5) is 13.2. The number of nitrogens with one attached hydrogen (secondary N) is 2. The number of amides is 1. The third kappa shape index (κ3) is 4.09. The van der Waals surface area contributed by atoms with E-state index in [1.807, 2.05) is 60.7 Å². The predicted octanol–water partition coefficient (Wildman–Crippen LogP) is 4.16. The molecule has 1 aliphatic rings. The van der Waals surface area contributed by atoms with Crippen molar-refractivity contribution in [3.8, 4) is 11.4 Å². The zero-order valence-corrected chi connectivity index (χ0v) is 17.8. The Hall–Kier alpha value is -3.65. The van der Waals surface area contributed by atoms with Gasteiger partial charge in [0.2, 0.25) is 11.1 Å². The van der Waals surface area contributed by atoms with Crippen LogP contribution in [0.2, 0.25) is 0 Å². The van der Waals surface area contributed by atoms with E-state index >= 15 is 0 Å². The molecule has 0 unspecified atom stereocenters. The molecule has 2 atom stereocenters. The maximum atomic E-state index is 13.6. The van der Waals surface area contributed by atoms with Gasteiger partial charge in [0.15, 0.2) is 5.82 Å². The number of fused-ring (bicyclic) bond motifs is 1. The lowest BCUT2D eigenvalue weighted by molar-refractivity contribution is -0.121. The quantitative estimate of drug-likeness (QED) is 0.483. The summed E-state index contributed by atoms with van der Waals surface area (Å²) in [5, 5.41) is 11.7. The van der Waals surface area contributed by atoms with E-state index in [2.05, 4.69) is 20.9 Å². The summed E-state index contributed by atoms with van der Waals surface area (Å²) in [6, 6.07) is 25.3. The van der Waals surface area contributed by atoms with E-state index in [0.717, 1.165) is 16.7 Å². The number of thioether (sulfide) groups is 1. The minimum atomic E-state index is -0.510. The second-order valence-corrected chi connectivity index (χ2v) is 8.52. The van der Waals surface area contributed by atoms with Gasteiger partial charge in [-0.05, 0) is 23.3 Å². The third-order valence-electron chi connectivity index (χ3n) is 5.27. The Kier molecular flexibility index (Phi) is 5.60. The van der Waals surface area contributed by atoms with Crippen LogP contribution in [0.5, 0.6) is 0 Å². The average molecular weight is 446 g/mol. The largest absolute Gasteiger partial charge is 0.351 e. The molecule has 5 rings (SSSR count). The van der Waals surface area contributed by atoms with Crippen molar-refractivity contribution in [1.29, 1.82) is 0 Å². The SMILES string of the molecule is O=C(NCc1ccccc1)[C@H]1Sc2nnc(-c3ccccc3)n2N[C@H]1c1ccc(F)cc1. The zero-order chi connectivity index (χ0) is 21.9. The Labute approximate surface area is 188 Å². The minimum Gasteiger partial charge on any atom is -0.351 e. The molecule has 0 fully saturated rings. The van der Waals surface area contributed by atoms with Crippen molar-refractivity contribution in [2.45, 2.75) is 23.0 Å². The third-order valence-corrected chi connectivity index (χ3v) is 6.48. The van der Waals surface area contributed by atoms with Gasteiger partial charge >= 0.3 is 0 Å². The van der Waals surface area contributed by atoms with E-state index < -0.39 is 11.3 Å². The van der Waals surface area contributed by atoms with E-state index in [1.165, 1.54) is 23.9 Å². The van der Waals surface area contributed by atoms with Crippen LogP contribution < -0.4 is 10.7 Å². The van der Waals surface area contributed by atoms with Crippen molar-refractivity contribution >= 4 is 17.7 Å². The number of carbonyl (C=O) groups is 1. The molecule has 0 spiro atoms. The highest BCUT2D eigenvalue weighted by Crippen LogP contribution is 2.38. The number of rotatable bonds is 5. The van der Waals surface area contributed by atoms with Crippen LogP contribution in [0.4, 0.5) is 4.39 Å². The first-order chi connectivity index (χ1) is 15.7. The van der Waals surface area contributed by atoms with Crippen LogP contribution in [0.15, 0.2) is 90.1 Å². The number of nitrogens with zero attached hydrogens (tertiary/aromatic N) is 3. The highest BCUT2D eigenvalue weighted by Gasteiger charge is 2.37. The molecule has 0 saturated carbocycles. The second-order valence-electron chi connectivity index (χ2n) is 7.41. The lowest BCUT2D eigenvalue weighted by atomic mass is 10.0. The highest BCUT2D eigenvalue weighted by molar-refractivity contribution is 8.00. The Balaban J connectivity index is 1.46. The van der Waals surface area contributed by atoms with Crippen molar-refractivity contribution in [2.75, 3.05) is 5.43 Å². The summed E-state index contributed by atoms with van der Waals surface area (Å²) in [5.74, 6) is 0.205. The molecular formula is C24H20FN5OS. The summed E-state index contributed by atoms with van der Waals surface area (Å²) in [6.45, 7) is 0.425. The normalized spacial score (nSPS) is 17.3. The van der Waals surface area contributed by atoms with Crippen molar-refractivity contribution in [2.24, 2.45) is 0 Å². The van der Waals surface area contributed by atoms with E-state index in [1.54, 1.807) is 16.8 Å². The number of hydrogen-bond donors (Lipinski definition) is 2. The first-order valence-electron chi connectivity index (χ1n) is 10.2. The molecule has 1 amide bonds. The molecule has 0 saturated heterocycles. The smallest absolute Gasteiger partial charge is 0.236 e. The Morgan fingerprint density at radius 3 is 2.38 bits per heavy atom. The summed E-state index contributed by atoms with van der Waals surface area (Å²) in [6.07, 6.45) is 0. The van der Waals surface area contributed by atoms with E-state index in [0.29, 0.717) is 17.5 Å². The maximum Gasteiger partial charge on any atom is 0.236 e. The Morgan fingerprint density at radius 2 is 1.66 bits per heavy atom. The van der Waals surface area contributed by atoms with Crippen LogP contribution in [0.3, 0.4) is 0 Å². The lowest BCUT2D eigenvalue weighted by Crippen LogP contribution is -2.43. The van der Waals surface area contributed by atoms with Gasteiger partial charge in [0.25, 0.3) is 0 Å². The number of benzene rings is 3. The molecule has 0 bridgehead atoms. The number of hydrogen-bond acceptors (Lipinski definition) is 5. The van der Waals surface area contributed by atoms with Gasteiger partial charge < -0.3 is 10.7 Å². The van der Waals surface area contributed by atoms with Gasteiger partial charge in [0.05, 0.1) is 6.04 Å². The van der Waals surface area contributed by atoms with Crippen LogP contribution in [0.25, 0.3) is 11.4 Å². The van der Waals surface area contributed by atoms with Gasteiger partial charge in [0.1, 0.15) is 11.1 Å². The topological polar surface area (TPSA) is 71.8 Å². The molecule has 2 heterocycles. The van der Waals surface area contributed by atoms with Crippen molar-refractivity contribution in [3.63, 3.8) is 0 Å². The van der Waals surface area contributed by atoms with Gasteiger partial charge in [-0.25, -0.2) is 9.07 Å².